The number of allylic oxidation sites excluding steroid dienone is 13. The number of hydrogen-bond acceptors (Lipinski definition) is 0. The fraction of sp³-hybridized carbons (Fsp3) is 0.300. The molecule has 0 fully saturated rings. The zero-order valence-corrected chi connectivity index (χ0v) is 14.5. The van der Waals surface area contributed by atoms with Gasteiger partial charge in [0.1, 0.15) is 0 Å². The quantitative estimate of drug-likeness (QED) is 0.451. The Kier molecular flexibility index (Phi) is 5.01. The van der Waals surface area contributed by atoms with Gasteiger partial charge in [-0.2, -0.15) is 0 Å². The van der Waals surface area contributed by atoms with E-state index in [2.05, 4.69) is 79.1 Å². The highest BCUT2D eigenvalue weighted by Gasteiger charge is 2.44. The van der Waals surface area contributed by atoms with E-state index in [1.54, 1.807) is 0 Å². The Morgan fingerprint density at radius 3 is 2.48 bits per heavy atom. The average molecular weight is 296 g/mol. The third kappa shape index (κ3) is 2.47. The summed E-state index contributed by atoms with van der Waals surface area (Å²) in [6.45, 7) is 10.3. The summed E-state index contributed by atoms with van der Waals surface area (Å²) in [5.74, 6) is 0. The van der Waals surface area contributed by atoms with Gasteiger partial charge in [0, 0.05) is 0 Å². The highest BCUT2D eigenvalue weighted by Crippen LogP contribution is 2.56. The molecule has 0 saturated heterocycles. The van der Waals surface area contributed by atoms with E-state index in [1.165, 1.54) is 27.9 Å². The van der Waals surface area contributed by atoms with Crippen LogP contribution in [-0.4, -0.2) is 5.16 Å². The van der Waals surface area contributed by atoms with Crippen LogP contribution in [0.2, 0.25) is 0 Å². The molecule has 2 unspecified atom stereocenters. The average Bonchev–Trinajstić information content (AvgIpc) is 2.75. The smallest absolute Gasteiger partial charge is 0.0596 e. The topological polar surface area (TPSA) is 0 Å². The molecule has 0 amide bonds. The molecule has 2 rings (SSSR count). The largest absolute Gasteiger partial charge is 0.117 e. The van der Waals surface area contributed by atoms with Crippen LogP contribution >= 0.6 is 9.24 Å². The van der Waals surface area contributed by atoms with Crippen molar-refractivity contribution >= 4 is 9.24 Å². The minimum Gasteiger partial charge on any atom is -0.117 e. The lowest BCUT2D eigenvalue weighted by molar-refractivity contribution is 0.927. The summed E-state index contributed by atoms with van der Waals surface area (Å²) in [6, 6.07) is 0. The predicted molar refractivity (Wildman–Crippen MR) is 98.4 cm³/mol. The van der Waals surface area contributed by atoms with Gasteiger partial charge in [-0.25, -0.2) is 0 Å². The molecular formula is C20H25P. The predicted octanol–water partition coefficient (Wildman–Crippen LogP) is 5.84. The zero-order valence-electron chi connectivity index (χ0n) is 13.3. The normalized spacial score (nSPS) is 26.4. The Labute approximate surface area is 131 Å². The van der Waals surface area contributed by atoms with Gasteiger partial charge in [-0.1, -0.05) is 55.2 Å². The third-order valence-corrected chi connectivity index (χ3v) is 5.19. The van der Waals surface area contributed by atoms with Gasteiger partial charge in [0.15, 0.2) is 0 Å². The molecule has 0 aromatic rings. The second-order valence-corrected chi connectivity index (χ2v) is 6.26. The summed E-state index contributed by atoms with van der Waals surface area (Å²) in [4.78, 5) is 0. The Balaban J connectivity index is 2.77. The molecule has 0 bridgehead atoms. The van der Waals surface area contributed by atoms with Crippen molar-refractivity contribution in [2.24, 2.45) is 0 Å². The minimum atomic E-state index is -0.149. The molecule has 0 radical (unpaired) electrons. The van der Waals surface area contributed by atoms with Crippen molar-refractivity contribution in [3.05, 3.63) is 83.1 Å². The van der Waals surface area contributed by atoms with Crippen molar-refractivity contribution in [3.63, 3.8) is 0 Å². The molecule has 0 heterocycles. The van der Waals surface area contributed by atoms with Crippen molar-refractivity contribution in [2.75, 3.05) is 0 Å². The molecule has 0 aliphatic heterocycles. The van der Waals surface area contributed by atoms with Gasteiger partial charge in [-0.3, -0.25) is 0 Å². The third-order valence-electron chi connectivity index (χ3n) is 4.23. The molecule has 110 valence electrons. The Morgan fingerprint density at radius 1 is 1.19 bits per heavy atom. The van der Waals surface area contributed by atoms with Crippen LogP contribution in [0.5, 0.6) is 0 Å². The molecule has 0 spiro atoms. The van der Waals surface area contributed by atoms with E-state index in [0.717, 1.165) is 12.8 Å². The fourth-order valence-electron chi connectivity index (χ4n) is 3.36. The molecule has 2 atom stereocenters. The highest BCUT2D eigenvalue weighted by molar-refractivity contribution is 7.20. The lowest BCUT2D eigenvalue weighted by Crippen LogP contribution is -2.25. The van der Waals surface area contributed by atoms with Crippen molar-refractivity contribution in [1.29, 1.82) is 0 Å². The van der Waals surface area contributed by atoms with Gasteiger partial charge in [0.05, 0.1) is 5.16 Å². The van der Waals surface area contributed by atoms with Gasteiger partial charge in [0.2, 0.25) is 0 Å². The van der Waals surface area contributed by atoms with Crippen LogP contribution in [0.15, 0.2) is 83.1 Å². The lowest BCUT2D eigenvalue weighted by Gasteiger charge is -2.31. The summed E-state index contributed by atoms with van der Waals surface area (Å²) in [5.41, 5.74) is 6.70. The molecule has 0 aromatic carbocycles. The van der Waals surface area contributed by atoms with Crippen LogP contribution in [0, 0.1) is 0 Å². The summed E-state index contributed by atoms with van der Waals surface area (Å²) in [7, 11) is 3.12. The summed E-state index contributed by atoms with van der Waals surface area (Å²) < 4.78 is 0. The summed E-state index contributed by atoms with van der Waals surface area (Å²) in [5, 5.41) is -0.149. The molecule has 2 aliphatic rings. The van der Waals surface area contributed by atoms with Crippen LogP contribution in [0.25, 0.3) is 0 Å². The summed E-state index contributed by atoms with van der Waals surface area (Å²) >= 11 is 0. The minimum absolute atomic E-state index is 0.149. The van der Waals surface area contributed by atoms with Crippen LogP contribution < -0.4 is 0 Å². The first-order valence-corrected chi connectivity index (χ1v) is 8.22. The second kappa shape index (κ2) is 6.58. The van der Waals surface area contributed by atoms with E-state index >= 15 is 0 Å². The molecule has 2 aliphatic carbocycles. The van der Waals surface area contributed by atoms with Crippen LogP contribution in [0.1, 0.15) is 33.6 Å². The first kappa shape index (κ1) is 16.0. The van der Waals surface area contributed by atoms with E-state index in [1.807, 2.05) is 6.08 Å². The van der Waals surface area contributed by atoms with E-state index < -0.39 is 0 Å². The van der Waals surface area contributed by atoms with Crippen molar-refractivity contribution in [2.45, 2.75) is 38.8 Å². The van der Waals surface area contributed by atoms with E-state index in [-0.39, 0.29) is 5.16 Å². The van der Waals surface area contributed by atoms with E-state index in [4.69, 9.17) is 0 Å². The Hall–Kier alpha value is -1.39. The van der Waals surface area contributed by atoms with Crippen molar-refractivity contribution in [1.82, 2.24) is 0 Å². The van der Waals surface area contributed by atoms with Gasteiger partial charge < -0.3 is 0 Å². The maximum absolute atomic E-state index is 4.06. The standard InChI is InChI=1S/C20H25P/c1-5-11-15(7-3)20(21)18(12-6-2)16(8-4)17-13-9-10-14-19(17)20/h5-8,11-14H,4,9-10,21H2,1-3H3/b11-5-,12-6-,15-7+. The van der Waals surface area contributed by atoms with Crippen molar-refractivity contribution < 1.29 is 0 Å². The summed E-state index contributed by atoms with van der Waals surface area (Å²) in [6.07, 6.45) is 19.9. The maximum atomic E-state index is 4.06. The molecule has 0 nitrogen and oxygen atoms in total. The molecule has 0 saturated carbocycles. The molecular weight excluding hydrogens is 271 g/mol. The second-order valence-electron chi connectivity index (χ2n) is 5.40. The molecule has 1 heteroatoms. The maximum Gasteiger partial charge on any atom is 0.0596 e. The van der Waals surface area contributed by atoms with Gasteiger partial charge in [-0.05, 0) is 61.5 Å². The van der Waals surface area contributed by atoms with Gasteiger partial charge in [-0.15, -0.1) is 9.24 Å². The van der Waals surface area contributed by atoms with Crippen molar-refractivity contribution in [3.8, 4) is 0 Å². The van der Waals surface area contributed by atoms with Gasteiger partial charge in [0.25, 0.3) is 0 Å². The van der Waals surface area contributed by atoms with E-state index in [9.17, 15) is 0 Å². The van der Waals surface area contributed by atoms with Crippen LogP contribution in [0.3, 0.4) is 0 Å². The lowest BCUT2D eigenvalue weighted by atomic mass is 9.83. The van der Waals surface area contributed by atoms with E-state index in [0.29, 0.717) is 0 Å². The first-order valence-electron chi connectivity index (χ1n) is 7.64. The molecule has 0 N–H and O–H groups in total. The fourth-order valence-corrected chi connectivity index (χ4v) is 4.15. The SMILES string of the molecule is C=CC1=C(/C=C\C)C(P)(C(/C=C\C)=C/C)C2=CCCC=C21. The van der Waals surface area contributed by atoms with Gasteiger partial charge >= 0.3 is 0 Å². The highest BCUT2D eigenvalue weighted by atomic mass is 31.0. The van der Waals surface area contributed by atoms with Crippen LogP contribution in [-0.2, 0) is 0 Å². The van der Waals surface area contributed by atoms with Crippen LogP contribution in [0.4, 0.5) is 0 Å². The Morgan fingerprint density at radius 2 is 1.90 bits per heavy atom. The Bertz CT molecular complexity index is 620. The monoisotopic (exact) mass is 296 g/mol. The molecule has 0 aromatic heterocycles. The number of fused-ring (bicyclic) bond motifs is 1. The number of hydrogen-bond donors (Lipinski definition) is 0. The number of rotatable bonds is 4. The molecule has 21 heavy (non-hydrogen) atoms. The zero-order chi connectivity index (χ0) is 15.5. The first-order chi connectivity index (χ1) is 10.1.